The highest BCUT2D eigenvalue weighted by molar-refractivity contribution is 5.61. The zero-order valence-electron chi connectivity index (χ0n) is 15.0. The van der Waals surface area contributed by atoms with E-state index in [-0.39, 0.29) is 5.41 Å². The van der Waals surface area contributed by atoms with Gasteiger partial charge >= 0.3 is 0 Å². The highest BCUT2D eigenvalue weighted by Gasteiger charge is 2.18. The SMILES string of the molecule is CCCc1c(-c2nc(-c3ccc(C(C)(C)C)cc3)no2)cnn1C. The molecule has 126 valence electrons. The van der Waals surface area contributed by atoms with Gasteiger partial charge in [0.05, 0.1) is 17.5 Å². The van der Waals surface area contributed by atoms with E-state index in [1.807, 2.05) is 23.9 Å². The molecule has 0 aliphatic heterocycles. The summed E-state index contributed by atoms with van der Waals surface area (Å²) in [6.45, 7) is 8.75. The van der Waals surface area contributed by atoms with E-state index in [0.29, 0.717) is 11.7 Å². The van der Waals surface area contributed by atoms with Crippen LogP contribution in [0.5, 0.6) is 0 Å². The summed E-state index contributed by atoms with van der Waals surface area (Å²) >= 11 is 0. The van der Waals surface area contributed by atoms with Gasteiger partial charge in [-0.25, -0.2) is 0 Å². The third kappa shape index (κ3) is 3.11. The van der Waals surface area contributed by atoms with Crippen molar-refractivity contribution in [1.29, 1.82) is 0 Å². The average Bonchev–Trinajstić information content (AvgIpc) is 3.15. The maximum absolute atomic E-state index is 5.49. The van der Waals surface area contributed by atoms with Gasteiger partial charge in [-0.1, -0.05) is 63.5 Å². The van der Waals surface area contributed by atoms with E-state index < -0.39 is 0 Å². The molecule has 24 heavy (non-hydrogen) atoms. The number of benzene rings is 1. The number of rotatable bonds is 4. The Hall–Kier alpha value is -2.43. The molecule has 3 aromatic rings. The maximum atomic E-state index is 5.49. The number of hydrogen-bond acceptors (Lipinski definition) is 4. The van der Waals surface area contributed by atoms with E-state index in [2.05, 4.69) is 55.1 Å². The fraction of sp³-hybridized carbons (Fsp3) is 0.421. The molecule has 0 saturated heterocycles. The molecule has 2 aromatic heterocycles. The quantitative estimate of drug-likeness (QED) is 0.714. The van der Waals surface area contributed by atoms with Crippen molar-refractivity contribution in [2.45, 2.75) is 46.0 Å². The number of aryl methyl sites for hydroxylation is 1. The molecule has 0 aliphatic rings. The lowest BCUT2D eigenvalue weighted by Crippen LogP contribution is -2.10. The Bertz CT molecular complexity index is 822. The molecule has 0 fully saturated rings. The van der Waals surface area contributed by atoms with Gasteiger partial charge in [0.1, 0.15) is 0 Å². The Balaban J connectivity index is 1.91. The summed E-state index contributed by atoms with van der Waals surface area (Å²) in [5.74, 6) is 1.14. The fourth-order valence-corrected chi connectivity index (χ4v) is 2.74. The largest absolute Gasteiger partial charge is 0.333 e. The fourth-order valence-electron chi connectivity index (χ4n) is 2.74. The molecular formula is C19H24N4O. The Labute approximate surface area is 142 Å². The van der Waals surface area contributed by atoms with E-state index in [9.17, 15) is 0 Å². The van der Waals surface area contributed by atoms with Gasteiger partial charge in [-0.15, -0.1) is 0 Å². The second kappa shape index (κ2) is 6.23. The first-order valence-corrected chi connectivity index (χ1v) is 8.36. The van der Waals surface area contributed by atoms with Crippen LogP contribution in [0.25, 0.3) is 22.8 Å². The first kappa shape index (κ1) is 16.4. The summed E-state index contributed by atoms with van der Waals surface area (Å²) in [5, 5.41) is 8.46. The average molecular weight is 324 g/mol. The minimum Gasteiger partial charge on any atom is -0.333 e. The van der Waals surface area contributed by atoms with Crippen molar-refractivity contribution in [3.8, 4) is 22.8 Å². The Morgan fingerprint density at radius 3 is 2.46 bits per heavy atom. The lowest BCUT2D eigenvalue weighted by atomic mass is 9.87. The number of aromatic nitrogens is 4. The molecule has 0 N–H and O–H groups in total. The second-order valence-electron chi connectivity index (χ2n) is 7.13. The van der Waals surface area contributed by atoms with Gasteiger partial charge in [0, 0.05) is 12.6 Å². The predicted molar refractivity (Wildman–Crippen MR) is 94.6 cm³/mol. The van der Waals surface area contributed by atoms with Gasteiger partial charge in [-0.05, 0) is 17.4 Å². The van der Waals surface area contributed by atoms with Crippen LogP contribution < -0.4 is 0 Å². The first-order chi connectivity index (χ1) is 11.4. The Kier molecular flexibility index (Phi) is 4.26. The summed E-state index contributed by atoms with van der Waals surface area (Å²) in [7, 11) is 1.94. The molecule has 0 unspecified atom stereocenters. The summed E-state index contributed by atoms with van der Waals surface area (Å²) in [6.07, 6.45) is 3.77. The second-order valence-corrected chi connectivity index (χ2v) is 7.13. The van der Waals surface area contributed by atoms with Gasteiger partial charge in [0.25, 0.3) is 5.89 Å². The molecule has 0 aliphatic carbocycles. The van der Waals surface area contributed by atoms with Crippen LogP contribution in [-0.4, -0.2) is 19.9 Å². The minimum absolute atomic E-state index is 0.131. The van der Waals surface area contributed by atoms with Crippen molar-refractivity contribution >= 4 is 0 Å². The lowest BCUT2D eigenvalue weighted by Gasteiger charge is -2.18. The topological polar surface area (TPSA) is 56.7 Å². The zero-order chi connectivity index (χ0) is 17.3. The van der Waals surface area contributed by atoms with Crippen molar-refractivity contribution in [3.63, 3.8) is 0 Å². The van der Waals surface area contributed by atoms with E-state index in [4.69, 9.17) is 4.52 Å². The van der Waals surface area contributed by atoms with Crippen LogP contribution in [0.4, 0.5) is 0 Å². The van der Waals surface area contributed by atoms with Crippen LogP contribution in [0.1, 0.15) is 45.4 Å². The molecule has 2 heterocycles. The molecular weight excluding hydrogens is 300 g/mol. The van der Waals surface area contributed by atoms with Gasteiger partial charge in [-0.2, -0.15) is 10.1 Å². The van der Waals surface area contributed by atoms with Crippen LogP contribution in [-0.2, 0) is 18.9 Å². The van der Waals surface area contributed by atoms with E-state index in [1.54, 1.807) is 6.20 Å². The molecule has 0 radical (unpaired) electrons. The Morgan fingerprint density at radius 2 is 1.83 bits per heavy atom. The summed E-state index contributed by atoms with van der Waals surface area (Å²) in [6, 6.07) is 8.34. The zero-order valence-corrected chi connectivity index (χ0v) is 15.0. The predicted octanol–water partition coefficient (Wildman–Crippen LogP) is 4.39. The lowest BCUT2D eigenvalue weighted by molar-refractivity contribution is 0.432. The van der Waals surface area contributed by atoms with Gasteiger partial charge in [-0.3, -0.25) is 4.68 Å². The third-order valence-electron chi connectivity index (χ3n) is 4.21. The molecule has 1 aromatic carbocycles. The van der Waals surface area contributed by atoms with Crippen molar-refractivity contribution in [3.05, 3.63) is 41.7 Å². The van der Waals surface area contributed by atoms with Crippen LogP contribution in [0, 0.1) is 0 Å². The van der Waals surface area contributed by atoms with Gasteiger partial charge < -0.3 is 4.52 Å². The van der Waals surface area contributed by atoms with E-state index >= 15 is 0 Å². The van der Waals surface area contributed by atoms with Crippen LogP contribution in [0.15, 0.2) is 35.0 Å². The summed E-state index contributed by atoms with van der Waals surface area (Å²) in [5.41, 5.74) is 4.41. The number of hydrogen-bond donors (Lipinski definition) is 0. The van der Waals surface area contributed by atoms with Crippen molar-refractivity contribution in [2.24, 2.45) is 7.05 Å². The smallest absolute Gasteiger partial charge is 0.261 e. The molecule has 0 amide bonds. The van der Waals surface area contributed by atoms with E-state index in [0.717, 1.165) is 29.7 Å². The van der Waals surface area contributed by atoms with Crippen LogP contribution in [0.2, 0.25) is 0 Å². The first-order valence-electron chi connectivity index (χ1n) is 8.36. The molecule has 0 spiro atoms. The molecule has 0 bridgehead atoms. The monoisotopic (exact) mass is 324 g/mol. The van der Waals surface area contributed by atoms with Crippen molar-refractivity contribution in [2.75, 3.05) is 0 Å². The maximum Gasteiger partial charge on any atom is 0.261 e. The van der Waals surface area contributed by atoms with E-state index in [1.165, 1.54) is 5.56 Å². The van der Waals surface area contributed by atoms with Gasteiger partial charge in [0.2, 0.25) is 5.82 Å². The number of nitrogens with zero attached hydrogens (tertiary/aromatic N) is 4. The summed E-state index contributed by atoms with van der Waals surface area (Å²) < 4.78 is 7.36. The van der Waals surface area contributed by atoms with Gasteiger partial charge in [0.15, 0.2) is 0 Å². The highest BCUT2D eigenvalue weighted by Crippen LogP contribution is 2.28. The van der Waals surface area contributed by atoms with Crippen LogP contribution >= 0.6 is 0 Å². The molecule has 5 nitrogen and oxygen atoms in total. The minimum atomic E-state index is 0.131. The normalized spacial score (nSPS) is 11.9. The molecule has 0 atom stereocenters. The Morgan fingerprint density at radius 1 is 1.12 bits per heavy atom. The highest BCUT2D eigenvalue weighted by atomic mass is 16.5. The standard InChI is InChI=1S/C19H24N4O/c1-6-7-16-15(12-20-23(16)5)18-21-17(22-24-18)13-8-10-14(11-9-13)19(2,3)4/h8-12H,6-7H2,1-5H3. The third-order valence-corrected chi connectivity index (χ3v) is 4.21. The van der Waals surface area contributed by atoms with Crippen molar-refractivity contribution < 1.29 is 4.52 Å². The van der Waals surface area contributed by atoms with Crippen LogP contribution in [0.3, 0.4) is 0 Å². The van der Waals surface area contributed by atoms with Crippen molar-refractivity contribution in [1.82, 2.24) is 19.9 Å². The summed E-state index contributed by atoms with van der Waals surface area (Å²) in [4.78, 5) is 4.57. The molecule has 0 saturated carbocycles. The molecule has 3 rings (SSSR count). The molecule has 5 heteroatoms.